The molecule has 0 spiro atoms. The second-order valence-corrected chi connectivity index (χ2v) is 9.21. The maximum atomic E-state index is 12.7. The maximum absolute atomic E-state index is 12.7. The number of aromatic nitrogens is 3. The highest BCUT2D eigenvalue weighted by Gasteiger charge is 2.29. The Morgan fingerprint density at radius 3 is 2.56 bits per heavy atom. The van der Waals surface area contributed by atoms with Crippen molar-refractivity contribution in [2.45, 2.75) is 52.5 Å². The molecule has 0 saturated carbocycles. The van der Waals surface area contributed by atoms with Crippen LogP contribution in [0.3, 0.4) is 0 Å². The van der Waals surface area contributed by atoms with Gasteiger partial charge in [-0.2, -0.15) is 0 Å². The number of fused-ring (bicyclic) bond motifs is 1. The van der Waals surface area contributed by atoms with E-state index in [-0.39, 0.29) is 39.5 Å². The third kappa shape index (κ3) is 8.00. The van der Waals surface area contributed by atoms with Gasteiger partial charge in [0.2, 0.25) is 16.8 Å². The zero-order valence-electron chi connectivity index (χ0n) is 19.5. The lowest BCUT2D eigenvalue weighted by molar-refractivity contribution is -0.126. The minimum Gasteiger partial charge on any atom is -0.443 e. The number of amides is 3. The average molecular weight is 520 g/mol. The number of carbonyl (C=O) groups excluding carboxylic acids is 3. The number of alkyl carbamates (subject to hydrolysis) is 1. The smallest absolute Gasteiger partial charge is 0.407 e. The molecule has 0 unspecified atom stereocenters. The zero-order valence-corrected chi connectivity index (χ0v) is 20.3. The first-order valence-electron chi connectivity index (χ1n) is 10.9. The van der Waals surface area contributed by atoms with Gasteiger partial charge >= 0.3 is 6.09 Å². The molecule has 3 aromatic rings. The van der Waals surface area contributed by atoms with Gasteiger partial charge in [-0.05, 0) is 19.4 Å². The Kier molecular flexibility index (Phi) is 10.3. The highest BCUT2D eigenvalue weighted by molar-refractivity contribution is 7.15. The summed E-state index contributed by atoms with van der Waals surface area (Å²) in [5.74, 6) is -0.494. The van der Waals surface area contributed by atoms with Crippen molar-refractivity contribution < 1.29 is 23.9 Å². The van der Waals surface area contributed by atoms with E-state index in [4.69, 9.17) is 20.9 Å². The van der Waals surface area contributed by atoms with Gasteiger partial charge in [-0.25, -0.2) is 4.79 Å². The van der Waals surface area contributed by atoms with E-state index in [9.17, 15) is 14.4 Å². The molecule has 2 aromatic heterocycles. The molecule has 0 saturated heterocycles. The predicted octanol–water partition coefficient (Wildman–Crippen LogP) is 1.64. The van der Waals surface area contributed by atoms with Gasteiger partial charge < -0.3 is 31.6 Å². The number of hydrogen-bond acceptors (Lipinski definition) is 9. The molecule has 0 bridgehead atoms. The second kappa shape index (κ2) is 13.0. The molecule has 2 heterocycles. The molecule has 1 aromatic carbocycles. The van der Waals surface area contributed by atoms with Crippen LogP contribution in [-0.4, -0.2) is 51.2 Å². The van der Waals surface area contributed by atoms with E-state index >= 15 is 0 Å². The van der Waals surface area contributed by atoms with Crippen LogP contribution >= 0.6 is 11.3 Å². The van der Waals surface area contributed by atoms with Crippen molar-refractivity contribution in [3.05, 3.63) is 52.8 Å². The maximum Gasteiger partial charge on any atom is 0.407 e. The van der Waals surface area contributed by atoms with Crippen molar-refractivity contribution in [2.75, 3.05) is 13.2 Å². The Morgan fingerprint density at radius 2 is 1.89 bits per heavy atom. The predicted molar refractivity (Wildman–Crippen MR) is 135 cm³/mol. The Balaban J connectivity index is 0.00000456. The first-order chi connectivity index (χ1) is 16.6. The third-order valence-electron chi connectivity index (χ3n) is 4.84. The van der Waals surface area contributed by atoms with Gasteiger partial charge in [0.1, 0.15) is 12.6 Å². The SMILES string of the molecule is C.CC(C)(N)C(=O)N[C@H](COCc1ccccc1)c1nnc2scc(COC(=O)NCCC(N)=O)n12. The van der Waals surface area contributed by atoms with E-state index in [1.54, 1.807) is 23.6 Å². The summed E-state index contributed by atoms with van der Waals surface area (Å²) in [7, 11) is 0. The van der Waals surface area contributed by atoms with Crippen LogP contribution in [-0.2, 0) is 32.3 Å². The Labute approximate surface area is 213 Å². The van der Waals surface area contributed by atoms with Crippen molar-refractivity contribution >= 4 is 34.2 Å². The number of primary amides is 1. The van der Waals surface area contributed by atoms with Gasteiger partial charge in [0, 0.05) is 18.3 Å². The van der Waals surface area contributed by atoms with E-state index < -0.39 is 23.6 Å². The number of benzene rings is 1. The van der Waals surface area contributed by atoms with Crippen molar-refractivity contribution in [3.8, 4) is 0 Å². The first-order valence-corrected chi connectivity index (χ1v) is 11.7. The number of nitrogens with two attached hydrogens (primary N) is 2. The van der Waals surface area contributed by atoms with Crippen LogP contribution < -0.4 is 22.1 Å². The van der Waals surface area contributed by atoms with Crippen LogP contribution in [0.2, 0.25) is 0 Å². The normalized spacial score (nSPS) is 12.0. The Hall–Kier alpha value is -3.55. The largest absolute Gasteiger partial charge is 0.443 e. The number of carbonyl (C=O) groups is 3. The molecule has 36 heavy (non-hydrogen) atoms. The van der Waals surface area contributed by atoms with Crippen LogP contribution in [0, 0.1) is 0 Å². The molecule has 3 amide bonds. The van der Waals surface area contributed by atoms with E-state index in [0.717, 1.165) is 5.56 Å². The fourth-order valence-corrected chi connectivity index (χ4v) is 3.82. The zero-order chi connectivity index (χ0) is 25.4. The molecule has 6 N–H and O–H groups in total. The standard InChI is InChI=1S/C22H29N7O5S.CH4/c1-22(2,24)19(31)26-16(12-33-10-14-6-4-3-5-7-14)18-27-28-20-29(18)15(13-35-20)11-34-21(32)25-9-8-17(23)30;/h3-7,13,16H,8-12,24H2,1-2H3,(H2,23,30)(H,25,32)(H,26,31);1H4/t16-;/m1./s1. The molecule has 0 radical (unpaired) electrons. The molecule has 0 aliphatic carbocycles. The van der Waals surface area contributed by atoms with Gasteiger partial charge in [0.15, 0.2) is 5.82 Å². The summed E-state index contributed by atoms with van der Waals surface area (Å²) in [6, 6.07) is 8.96. The lowest BCUT2D eigenvalue weighted by Gasteiger charge is -2.23. The second-order valence-electron chi connectivity index (χ2n) is 8.37. The minimum absolute atomic E-state index is 0. The molecule has 0 aliphatic rings. The summed E-state index contributed by atoms with van der Waals surface area (Å²) in [5.41, 5.74) is 11.5. The lowest BCUT2D eigenvalue weighted by atomic mass is 10.1. The Morgan fingerprint density at radius 1 is 1.17 bits per heavy atom. The van der Waals surface area contributed by atoms with Crippen LogP contribution in [0.5, 0.6) is 0 Å². The van der Waals surface area contributed by atoms with Crippen LogP contribution in [0.4, 0.5) is 4.79 Å². The molecule has 13 heteroatoms. The number of nitrogens with zero attached hydrogens (tertiary/aromatic N) is 3. The molecule has 0 aliphatic heterocycles. The summed E-state index contributed by atoms with van der Waals surface area (Å²) in [6.07, 6.45) is -0.684. The van der Waals surface area contributed by atoms with Gasteiger partial charge in [-0.3, -0.25) is 14.0 Å². The molecule has 0 fully saturated rings. The molecular weight excluding hydrogens is 486 g/mol. The minimum atomic E-state index is -1.12. The van der Waals surface area contributed by atoms with Crippen molar-refractivity contribution in [1.82, 2.24) is 25.2 Å². The van der Waals surface area contributed by atoms with Crippen LogP contribution in [0.1, 0.15) is 50.8 Å². The van der Waals surface area contributed by atoms with Crippen LogP contribution in [0.25, 0.3) is 4.96 Å². The van der Waals surface area contributed by atoms with Crippen molar-refractivity contribution in [2.24, 2.45) is 11.5 Å². The fourth-order valence-electron chi connectivity index (χ4n) is 3.00. The number of nitrogens with one attached hydrogen (secondary N) is 2. The topological polar surface area (TPSA) is 176 Å². The molecule has 3 rings (SSSR count). The van der Waals surface area contributed by atoms with Crippen molar-refractivity contribution in [3.63, 3.8) is 0 Å². The number of rotatable bonds is 12. The summed E-state index contributed by atoms with van der Waals surface area (Å²) in [4.78, 5) is 36.0. The van der Waals surface area contributed by atoms with Crippen molar-refractivity contribution in [1.29, 1.82) is 0 Å². The molecule has 12 nitrogen and oxygen atoms in total. The molecule has 1 atom stereocenters. The first kappa shape index (κ1) is 28.7. The lowest BCUT2D eigenvalue weighted by Crippen LogP contribution is -2.51. The van der Waals surface area contributed by atoms with E-state index in [0.29, 0.717) is 23.1 Å². The van der Waals surface area contributed by atoms with Gasteiger partial charge in [-0.1, -0.05) is 37.8 Å². The van der Waals surface area contributed by atoms with Crippen LogP contribution in [0.15, 0.2) is 35.7 Å². The monoisotopic (exact) mass is 519 g/mol. The summed E-state index contributed by atoms with van der Waals surface area (Å²) in [6.45, 7) is 3.65. The fraction of sp³-hybridized carbons (Fsp3) is 0.435. The number of hydrogen-bond donors (Lipinski definition) is 4. The van der Waals surface area contributed by atoms with E-state index in [1.165, 1.54) is 11.3 Å². The highest BCUT2D eigenvalue weighted by Crippen LogP contribution is 2.22. The van der Waals surface area contributed by atoms with E-state index in [1.807, 2.05) is 30.3 Å². The highest BCUT2D eigenvalue weighted by atomic mass is 32.1. The number of thiazole rings is 1. The van der Waals surface area contributed by atoms with Gasteiger partial charge in [-0.15, -0.1) is 21.5 Å². The Bertz CT molecular complexity index is 1160. The van der Waals surface area contributed by atoms with Gasteiger partial charge in [0.05, 0.1) is 24.4 Å². The summed E-state index contributed by atoms with van der Waals surface area (Å²) < 4.78 is 12.8. The summed E-state index contributed by atoms with van der Waals surface area (Å²) in [5, 5.41) is 15.5. The van der Waals surface area contributed by atoms with Gasteiger partial charge in [0.25, 0.3) is 0 Å². The third-order valence-corrected chi connectivity index (χ3v) is 5.70. The molecular formula is C23H33N7O5S. The summed E-state index contributed by atoms with van der Waals surface area (Å²) >= 11 is 1.31. The van der Waals surface area contributed by atoms with E-state index in [2.05, 4.69) is 20.8 Å². The molecule has 196 valence electrons. The average Bonchev–Trinajstić information content (AvgIpc) is 3.39. The quantitative estimate of drug-likeness (QED) is 0.279. The number of ether oxygens (including phenoxy) is 2.